The van der Waals surface area contributed by atoms with Crippen molar-refractivity contribution in [3.8, 4) is 0 Å². The molecule has 0 bridgehead atoms. The van der Waals surface area contributed by atoms with Crippen LogP contribution in [0, 0.1) is 13.8 Å². The lowest BCUT2D eigenvalue weighted by atomic mass is 10.1. The van der Waals surface area contributed by atoms with Gasteiger partial charge >= 0.3 is 0 Å². The highest BCUT2D eigenvalue weighted by Gasteiger charge is 2.06. The SMILES string of the molecule is Cc1ccc2c(=O)[nH]c(Cl)nc2c1C. The molecule has 0 amide bonds. The Labute approximate surface area is 85.7 Å². The number of hydrogen-bond acceptors (Lipinski definition) is 2. The van der Waals surface area contributed by atoms with E-state index in [1.165, 1.54) is 0 Å². The number of hydrogen-bond donors (Lipinski definition) is 1. The first kappa shape index (κ1) is 9.21. The summed E-state index contributed by atoms with van der Waals surface area (Å²) >= 11 is 5.68. The quantitative estimate of drug-likeness (QED) is 0.675. The summed E-state index contributed by atoms with van der Waals surface area (Å²) in [7, 11) is 0. The minimum absolute atomic E-state index is 0.135. The van der Waals surface area contributed by atoms with E-state index in [9.17, 15) is 4.79 Å². The average molecular weight is 209 g/mol. The molecule has 0 aliphatic rings. The molecular formula is C10H9ClN2O. The number of aryl methyl sites for hydroxylation is 2. The third-order valence-electron chi connectivity index (χ3n) is 2.37. The Morgan fingerprint density at radius 1 is 1.36 bits per heavy atom. The molecular weight excluding hydrogens is 200 g/mol. The highest BCUT2D eigenvalue weighted by molar-refractivity contribution is 6.28. The number of fused-ring (bicyclic) bond motifs is 1. The van der Waals surface area contributed by atoms with E-state index < -0.39 is 0 Å². The molecule has 0 spiro atoms. The van der Waals surface area contributed by atoms with E-state index in [4.69, 9.17) is 11.6 Å². The van der Waals surface area contributed by atoms with Crippen LogP contribution in [0.4, 0.5) is 0 Å². The van der Waals surface area contributed by atoms with Crippen molar-refractivity contribution in [1.82, 2.24) is 9.97 Å². The molecule has 0 aliphatic carbocycles. The smallest absolute Gasteiger partial charge is 0.259 e. The molecule has 2 rings (SSSR count). The summed E-state index contributed by atoms with van der Waals surface area (Å²) < 4.78 is 0. The number of rotatable bonds is 0. The second-order valence-electron chi connectivity index (χ2n) is 3.26. The summed E-state index contributed by atoms with van der Waals surface area (Å²) in [6.07, 6.45) is 0. The van der Waals surface area contributed by atoms with Gasteiger partial charge in [0.25, 0.3) is 5.56 Å². The van der Waals surface area contributed by atoms with E-state index in [-0.39, 0.29) is 10.8 Å². The lowest BCUT2D eigenvalue weighted by Crippen LogP contribution is -2.08. The van der Waals surface area contributed by atoms with E-state index in [0.29, 0.717) is 10.9 Å². The summed E-state index contributed by atoms with van der Waals surface area (Å²) in [5.74, 6) is 0. The van der Waals surface area contributed by atoms with Gasteiger partial charge in [-0.1, -0.05) is 6.07 Å². The van der Waals surface area contributed by atoms with Gasteiger partial charge in [-0.2, -0.15) is 0 Å². The predicted octanol–water partition coefficient (Wildman–Crippen LogP) is 2.19. The summed E-state index contributed by atoms with van der Waals surface area (Å²) in [6, 6.07) is 3.67. The first-order valence-electron chi connectivity index (χ1n) is 4.25. The second kappa shape index (κ2) is 3.10. The molecule has 3 nitrogen and oxygen atoms in total. The van der Waals surface area contributed by atoms with Crippen LogP contribution in [0.25, 0.3) is 10.9 Å². The first-order chi connectivity index (χ1) is 6.59. The molecule has 1 N–H and O–H groups in total. The summed E-state index contributed by atoms with van der Waals surface area (Å²) in [5.41, 5.74) is 2.59. The average Bonchev–Trinajstić information content (AvgIpc) is 2.12. The Morgan fingerprint density at radius 3 is 2.79 bits per heavy atom. The van der Waals surface area contributed by atoms with E-state index >= 15 is 0 Å². The largest absolute Gasteiger partial charge is 0.297 e. The van der Waals surface area contributed by atoms with Crippen molar-refractivity contribution < 1.29 is 0 Å². The standard InChI is InChI=1S/C10H9ClN2O/c1-5-3-4-7-8(6(5)2)12-10(11)13-9(7)14/h3-4H,1-2H3,(H,12,13,14). The van der Waals surface area contributed by atoms with Gasteiger partial charge in [0.1, 0.15) is 0 Å². The molecule has 72 valence electrons. The zero-order valence-corrected chi connectivity index (χ0v) is 8.64. The van der Waals surface area contributed by atoms with E-state index in [1.54, 1.807) is 6.07 Å². The van der Waals surface area contributed by atoms with Crippen LogP contribution in [0.3, 0.4) is 0 Å². The van der Waals surface area contributed by atoms with Gasteiger partial charge in [-0.05, 0) is 42.6 Å². The summed E-state index contributed by atoms with van der Waals surface area (Å²) in [4.78, 5) is 18.0. The molecule has 0 saturated heterocycles. The van der Waals surface area contributed by atoms with E-state index in [0.717, 1.165) is 11.1 Å². The van der Waals surface area contributed by atoms with E-state index in [1.807, 2.05) is 19.9 Å². The van der Waals surface area contributed by atoms with Gasteiger partial charge in [0.15, 0.2) is 0 Å². The molecule has 1 heterocycles. The monoisotopic (exact) mass is 208 g/mol. The summed E-state index contributed by atoms with van der Waals surface area (Å²) in [6.45, 7) is 3.91. The lowest BCUT2D eigenvalue weighted by Gasteiger charge is -2.03. The Hall–Kier alpha value is -1.35. The van der Waals surface area contributed by atoms with Crippen LogP contribution < -0.4 is 5.56 Å². The lowest BCUT2D eigenvalue weighted by molar-refractivity contribution is 1.16. The number of aromatic amines is 1. The second-order valence-corrected chi connectivity index (χ2v) is 3.62. The van der Waals surface area contributed by atoms with Gasteiger partial charge in [-0.15, -0.1) is 0 Å². The maximum absolute atomic E-state index is 11.5. The predicted molar refractivity (Wildman–Crippen MR) is 56.8 cm³/mol. The van der Waals surface area contributed by atoms with E-state index in [2.05, 4.69) is 9.97 Å². The van der Waals surface area contributed by atoms with Gasteiger partial charge in [0.05, 0.1) is 10.9 Å². The number of H-pyrrole nitrogens is 1. The topological polar surface area (TPSA) is 45.8 Å². The number of benzene rings is 1. The van der Waals surface area contributed by atoms with Crippen LogP contribution in [-0.2, 0) is 0 Å². The Morgan fingerprint density at radius 2 is 2.07 bits per heavy atom. The third kappa shape index (κ3) is 1.30. The Balaban J connectivity index is 3.03. The first-order valence-corrected chi connectivity index (χ1v) is 4.63. The molecule has 0 radical (unpaired) electrons. The third-order valence-corrected chi connectivity index (χ3v) is 2.55. The highest BCUT2D eigenvalue weighted by atomic mass is 35.5. The molecule has 0 saturated carbocycles. The van der Waals surface area contributed by atoms with Gasteiger partial charge < -0.3 is 0 Å². The highest BCUT2D eigenvalue weighted by Crippen LogP contribution is 2.17. The fourth-order valence-corrected chi connectivity index (χ4v) is 1.59. The molecule has 0 aliphatic heterocycles. The van der Waals surface area contributed by atoms with Crippen molar-refractivity contribution in [2.45, 2.75) is 13.8 Å². The summed E-state index contributed by atoms with van der Waals surface area (Å²) in [5, 5.41) is 0.716. The molecule has 0 fully saturated rings. The van der Waals surface area contributed by atoms with Crippen molar-refractivity contribution in [1.29, 1.82) is 0 Å². The van der Waals surface area contributed by atoms with Crippen LogP contribution in [0.2, 0.25) is 5.28 Å². The maximum Gasteiger partial charge on any atom is 0.259 e. The zero-order valence-electron chi connectivity index (χ0n) is 7.89. The fourth-order valence-electron chi connectivity index (χ4n) is 1.42. The maximum atomic E-state index is 11.5. The van der Waals surface area contributed by atoms with Crippen LogP contribution in [-0.4, -0.2) is 9.97 Å². The molecule has 0 atom stereocenters. The minimum atomic E-state index is -0.192. The van der Waals surface area contributed by atoms with Crippen LogP contribution >= 0.6 is 11.6 Å². The van der Waals surface area contributed by atoms with Crippen molar-refractivity contribution in [2.24, 2.45) is 0 Å². The van der Waals surface area contributed by atoms with Crippen LogP contribution in [0.1, 0.15) is 11.1 Å². The molecule has 1 aromatic carbocycles. The molecule has 14 heavy (non-hydrogen) atoms. The van der Waals surface area contributed by atoms with Crippen molar-refractivity contribution in [2.75, 3.05) is 0 Å². The van der Waals surface area contributed by atoms with Crippen molar-refractivity contribution in [3.63, 3.8) is 0 Å². The molecule has 0 unspecified atom stereocenters. The fraction of sp³-hybridized carbons (Fsp3) is 0.200. The normalized spacial score (nSPS) is 10.8. The van der Waals surface area contributed by atoms with Gasteiger partial charge in [0.2, 0.25) is 5.28 Å². The number of aromatic nitrogens is 2. The molecule has 2 aromatic rings. The van der Waals surface area contributed by atoms with Crippen molar-refractivity contribution in [3.05, 3.63) is 38.9 Å². The van der Waals surface area contributed by atoms with Crippen LogP contribution in [0.15, 0.2) is 16.9 Å². The number of nitrogens with zero attached hydrogens (tertiary/aromatic N) is 1. The molecule has 4 heteroatoms. The van der Waals surface area contributed by atoms with Gasteiger partial charge in [-0.3, -0.25) is 9.78 Å². The van der Waals surface area contributed by atoms with Crippen LogP contribution in [0.5, 0.6) is 0 Å². The van der Waals surface area contributed by atoms with Gasteiger partial charge in [0, 0.05) is 0 Å². The number of nitrogens with one attached hydrogen (secondary N) is 1. The Bertz CT molecular complexity index is 560. The minimum Gasteiger partial charge on any atom is -0.297 e. The zero-order chi connectivity index (χ0) is 10.3. The van der Waals surface area contributed by atoms with Gasteiger partial charge in [-0.25, -0.2) is 4.98 Å². The molecule has 1 aromatic heterocycles. The number of halogens is 1. The Kier molecular flexibility index (Phi) is 2.04. The van der Waals surface area contributed by atoms with Crippen molar-refractivity contribution >= 4 is 22.5 Å².